The number of nitrogens with one attached hydrogen (secondary N) is 2. The zero-order valence-corrected chi connectivity index (χ0v) is 8.75. The minimum Gasteiger partial charge on any atom is -0.394 e. The van der Waals surface area contributed by atoms with Crippen LogP contribution in [0.2, 0.25) is 0 Å². The summed E-state index contributed by atoms with van der Waals surface area (Å²) in [5, 5.41) is 14.2. The molecule has 1 atom stereocenters. The molecule has 0 radical (unpaired) electrons. The average Bonchev–Trinajstić information content (AvgIpc) is 2.09. The maximum atomic E-state index is 11.3. The van der Waals surface area contributed by atoms with Gasteiger partial charge in [-0.2, -0.15) is 0 Å². The molecule has 1 aliphatic carbocycles. The second-order valence-corrected chi connectivity index (χ2v) is 4.01. The van der Waals surface area contributed by atoms with E-state index in [0.29, 0.717) is 0 Å². The van der Waals surface area contributed by atoms with Crippen molar-refractivity contribution in [1.29, 1.82) is 0 Å². The Morgan fingerprint density at radius 3 is 2.47 bits per heavy atom. The topological polar surface area (TPSA) is 104 Å². The number of amides is 3. The van der Waals surface area contributed by atoms with E-state index >= 15 is 0 Å². The first-order valence-electron chi connectivity index (χ1n) is 4.98. The molecule has 1 aliphatic rings. The summed E-state index contributed by atoms with van der Waals surface area (Å²) in [5.74, 6) is -0.470. The Bertz CT molecular complexity index is 258. The van der Waals surface area contributed by atoms with Gasteiger partial charge < -0.3 is 10.8 Å². The number of hydrogen-bond donors (Lipinski definition) is 4. The molecule has 0 aromatic rings. The van der Waals surface area contributed by atoms with Gasteiger partial charge in [0.2, 0.25) is 5.91 Å². The van der Waals surface area contributed by atoms with Gasteiger partial charge in [0, 0.05) is 5.54 Å². The van der Waals surface area contributed by atoms with Crippen molar-refractivity contribution in [3.8, 4) is 0 Å². The molecule has 0 bridgehead atoms. The molecule has 1 saturated carbocycles. The molecule has 0 aromatic heterocycles. The molecular formula is C9H17N3O3. The summed E-state index contributed by atoms with van der Waals surface area (Å²) in [5.41, 5.74) is 4.47. The number of carbonyl (C=O) groups excluding carboxylic acids is 2. The molecule has 86 valence electrons. The Labute approximate surface area is 88.2 Å². The van der Waals surface area contributed by atoms with Gasteiger partial charge in [0.25, 0.3) is 0 Å². The van der Waals surface area contributed by atoms with E-state index in [2.05, 4.69) is 5.32 Å². The molecule has 3 amide bonds. The lowest BCUT2D eigenvalue weighted by Crippen LogP contribution is -2.60. The van der Waals surface area contributed by atoms with E-state index in [1.165, 1.54) is 0 Å². The fourth-order valence-corrected chi connectivity index (χ4v) is 1.71. The first-order chi connectivity index (χ1) is 6.99. The van der Waals surface area contributed by atoms with Crippen LogP contribution >= 0.6 is 0 Å². The molecule has 0 spiro atoms. The van der Waals surface area contributed by atoms with Gasteiger partial charge in [-0.15, -0.1) is 0 Å². The number of aliphatic hydroxyl groups excluding tert-OH is 1. The summed E-state index contributed by atoms with van der Waals surface area (Å²) in [6.45, 7) is 1.63. The third-order valence-electron chi connectivity index (χ3n) is 2.78. The SMILES string of the molecule is CC(NC1(CO)CCC1)C(=O)NC(N)=O. The molecule has 0 saturated heterocycles. The lowest BCUT2D eigenvalue weighted by molar-refractivity contribution is -0.122. The second-order valence-electron chi connectivity index (χ2n) is 4.01. The van der Waals surface area contributed by atoms with Crippen LogP contribution in [0.3, 0.4) is 0 Å². The highest BCUT2D eigenvalue weighted by atomic mass is 16.3. The van der Waals surface area contributed by atoms with Crippen LogP contribution in [0.1, 0.15) is 26.2 Å². The van der Waals surface area contributed by atoms with Gasteiger partial charge in [-0.25, -0.2) is 4.79 Å². The van der Waals surface area contributed by atoms with Crippen LogP contribution in [0.4, 0.5) is 4.79 Å². The maximum absolute atomic E-state index is 11.3. The molecule has 1 fully saturated rings. The predicted octanol–water partition coefficient (Wildman–Crippen LogP) is -0.926. The van der Waals surface area contributed by atoms with Gasteiger partial charge in [-0.05, 0) is 26.2 Å². The second kappa shape index (κ2) is 4.59. The normalized spacial score (nSPS) is 20.1. The first-order valence-corrected chi connectivity index (χ1v) is 4.98. The standard InChI is InChI=1S/C9H17N3O3/c1-6(7(14)11-8(10)15)12-9(5-13)3-2-4-9/h6,12-13H,2-5H2,1H3,(H3,10,11,14,15). The van der Waals surface area contributed by atoms with Crippen LogP contribution in [0.25, 0.3) is 0 Å². The van der Waals surface area contributed by atoms with Crippen LogP contribution in [0.5, 0.6) is 0 Å². The summed E-state index contributed by atoms with van der Waals surface area (Å²) in [4.78, 5) is 21.8. The highest BCUT2D eigenvalue weighted by Gasteiger charge is 2.38. The molecule has 5 N–H and O–H groups in total. The third-order valence-corrected chi connectivity index (χ3v) is 2.78. The summed E-state index contributed by atoms with van der Waals surface area (Å²) in [6.07, 6.45) is 2.73. The van der Waals surface area contributed by atoms with E-state index in [0.717, 1.165) is 19.3 Å². The van der Waals surface area contributed by atoms with Gasteiger partial charge in [0.15, 0.2) is 0 Å². The molecule has 6 heteroatoms. The Hall–Kier alpha value is -1.14. The number of hydrogen-bond acceptors (Lipinski definition) is 4. The highest BCUT2D eigenvalue weighted by Crippen LogP contribution is 2.31. The minimum atomic E-state index is -0.861. The number of urea groups is 1. The molecule has 6 nitrogen and oxygen atoms in total. The number of rotatable bonds is 4. The average molecular weight is 215 g/mol. The van der Waals surface area contributed by atoms with Crippen LogP contribution < -0.4 is 16.4 Å². The Kier molecular flexibility index (Phi) is 3.65. The van der Waals surface area contributed by atoms with Gasteiger partial charge in [0.1, 0.15) is 0 Å². The molecule has 0 aliphatic heterocycles. The van der Waals surface area contributed by atoms with Crippen LogP contribution in [0, 0.1) is 0 Å². The molecule has 15 heavy (non-hydrogen) atoms. The monoisotopic (exact) mass is 215 g/mol. The summed E-state index contributed by atoms with van der Waals surface area (Å²) in [7, 11) is 0. The van der Waals surface area contributed by atoms with Crippen LogP contribution in [-0.2, 0) is 4.79 Å². The van der Waals surface area contributed by atoms with Crippen molar-refractivity contribution in [2.45, 2.75) is 37.8 Å². The summed E-state index contributed by atoms with van der Waals surface area (Å²) in [6, 6.07) is -1.40. The van der Waals surface area contributed by atoms with E-state index < -0.39 is 18.0 Å². The zero-order valence-electron chi connectivity index (χ0n) is 8.75. The number of nitrogens with two attached hydrogens (primary N) is 1. The molecule has 0 heterocycles. The zero-order chi connectivity index (χ0) is 11.5. The van der Waals surface area contributed by atoms with Crippen LogP contribution in [0.15, 0.2) is 0 Å². The molecule has 1 unspecified atom stereocenters. The highest BCUT2D eigenvalue weighted by molar-refractivity contribution is 5.96. The number of imide groups is 1. The van der Waals surface area contributed by atoms with Crippen LogP contribution in [-0.4, -0.2) is 35.2 Å². The summed E-state index contributed by atoms with van der Waals surface area (Å²) < 4.78 is 0. The predicted molar refractivity (Wildman–Crippen MR) is 54.0 cm³/mol. The van der Waals surface area contributed by atoms with E-state index in [1.54, 1.807) is 6.92 Å². The quantitative estimate of drug-likeness (QED) is 0.486. The molecule has 0 aromatic carbocycles. The Morgan fingerprint density at radius 1 is 1.53 bits per heavy atom. The minimum absolute atomic E-state index is 0.00118. The summed E-state index contributed by atoms with van der Waals surface area (Å²) >= 11 is 0. The van der Waals surface area contributed by atoms with Gasteiger partial charge in [-0.3, -0.25) is 15.4 Å². The van der Waals surface area contributed by atoms with E-state index in [1.807, 2.05) is 5.32 Å². The van der Waals surface area contributed by atoms with Crippen molar-refractivity contribution >= 4 is 11.9 Å². The largest absolute Gasteiger partial charge is 0.394 e. The number of primary amides is 1. The fourth-order valence-electron chi connectivity index (χ4n) is 1.71. The maximum Gasteiger partial charge on any atom is 0.318 e. The smallest absolute Gasteiger partial charge is 0.318 e. The van der Waals surface area contributed by atoms with Gasteiger partial charge in [0.05, 0.1) is 12.6 Å². The van der Waals surface area contributed by atoms with Crippen molar-refractivity contribution in [2.24, 2.45) is 5.73 Å². The number of aliphatic hydroxyl groups is 1. The van der Waals surface area contributed by atoms with Crippen molar-refractivity contribution in [2.75, 3.05) is 6.61 Å². The van der Waals surface area contributed by atoms with Crippen molar-refractivity contribution < 1.29 is 14.7 Å². The fraction of sp³-hybridized carbons (Fsp3) is 0.778. The lowest BCUT2D eigenvalue weighted by Gasteiger charge is -2.42. The Balaban J connectivity index is 2.43. The van der Waals surface area contributed by atoms with Crippen molar-refractivity contribution in [3.63, 3.8) is 0 Å². The van der Waals surface area contributed by atoms with E-state index in [9.17, 15) is 9.59 Å². The molecule has 1 rings (SSSR count). The third kappa shape index (κ3) is 2.90. The van der Waals surface area contributed by atoms with E-state index in [-0.39, 0.29) is 12.1 Å². The van der Waals surface area contributed by atoms with Gasteiger partial charge >= 0.3 is 6.03 Å². The molecular weight excluding hydrogens is 198 g/mol. The van der Waals surface area contributed by atoms with Crippen molar-refractivity contribution in [3.05, 3.63) is 0 Å². The first kappa shape index (κ1) is 11.9. The van der Waals surface area contributed by atoms with E-state index in [4.69, 9.17) is 10.8 Å². The van der Waals surface area contributed by atoms with Gasteiger partial charge in [-0.1, -0.05) is 0 Å². The Morgan fingerprint density at radius 2 is 2.13 bits per heavy atom. The number of carbonyl (C=O) groups is 2. The van der Waals surface area contributed by atoms with Crippen molar-refractivity contribution in [1.82, 2.24) is 10.6 Å². The lowest BCUT2D eigenvalue weighted by atomic mass is 9.77.